The van der Waals surface area contributed by atoms with Crippen molar-refractivity contribution in [3.63, 3.8) is 0 Å². The Balaban J connectivity index is 0.000000334. The Bertz CT molecular complexity index is 1270. The van der Waals surface area contributed by atoms with Gasteiger partial charge in [-0.2, -0.15) is 0 Å². The van der Waals surface area contributed by atoms with Crippen LogP contribution in [0, 0.1) is 0 Å². The first-order valence-electron chi connectivity index (χ1n) is 14.4. The third kappa shape index (κ3) is 15.0. The van der Waals surface area contributed by atoms with Gasteiger partial charge in [0, 0.05) is 29.9 Å². The number of nitrogens with two attached hydrogens (primary N) is 1. The minimum Gasteiger partial charge on any atom is -0.508 e. The molecule has 4 rings (SSSR count). The molecule has 0 spiro atoms. The molecule has 2 unspecified atom stereocenters. The largest absolute Gasteiger partial charge is 0.508 e. The van der Waals surface area contributed by atoms with E-state index in [1.165, 1.54) is 25.1 Å². The minimum absolute atomic E-state index is 0.00227. The number of carbonyl (C=O) groups is 5. The number of aliphatic hydroxyl groups is 2. The van der Waals surface area contributed by atoms with E-state index in [-0.39, 0.29) is 86.7 Å². The van der Waals surface area contributed by atoms with Crippen LogP contribution in [0.1, 0.15) is 36.5 Å². The molecule has 0 radical (unpaired) electrons. The molecule has 2 fully saturated rings. The molecule has 0 aromatic heterocycles. The van der Waals surface area contributed by atoms with Crippen LogP contribution in [0.5, 0.6) is 5.75 Å². The number of phenolic OH excluding ortho intramolecular Hbond substituents is 1. The molecule has 1 aromatic rings. The van der Waals surface area contributed by atoms with Gasteiger partial charge in [0.05, 0.1) is 38.1 Å². The van der Waals surface area contributed by atoms with Gasteiger partial charge in [-0.1, -0.05) is 0 Å². The Labute approximate surface area is 265 Å². The topological polar surface area (TPSA) is 280 Å². The number of nitrogens with one attached hydrogen (secondary N) is 5. The SMILES string of the molecule is CC(=O)CC(CO)NCB=O.N[C@@H]1COC(=O)C1.O=C(CNC(=O)c1cc(O)cc(NC2=NCC(O)CN2)c1)N[C@@H]1COC(=O)C1. The number of nitrogens with zero attached hydrogens (tertiary/aromatic N) is 1. The molecule has 252 valence electrons. The molecule has 0 bridgehead atoms. The van der Waals surface area contributed by atoms with E-state index in [1.807, 2.05) is 0 Å². The van der Waals surface area contributed by atoms with Crippen molar-refractivity contribution >= 4 is 48.3 Å². The summed E-state index contributed by atoms with van der Waals surface area (Å²) in [6, 6.07) is 3.45. The number of ether oxygens (including phenoxy) is 2. The van der Waals surface area contributed by atoms with Crippen LogP contribution < -0.4 is 32.3 Å². The number of phenols is 1. The van der Waals surface area contributed by atoms with Crippen LogP contribution in [-0.2, 0) is 33.4 Å². The van der Waals surface area contributed by atoms with Crippen molar-refractivity contribution in [2.45, 2.75) is 50.4 Å². The zero-order chi connectivity index (χ0) is 34.1. The number of esters is 2. The summed E-state index contributed by atoms with van der Waals surface area (Å²) < 4.78 is 19.1. The standard InChI is InChI=1S/C17H21N5O6.C6H12BNO3.C4H7NO2/c23-12-2-9(1-10(3-12)22-17-19-5-13(24)6-20-17)16(27)18-7-14(25)21-11-4-15(26)28-8-11;1-5(10)2-6(3-9)8-4-7-11;5-3-1-4(6)7-2-3/h1-3,11,13,23-24H,4-8H2,(H,18,27)(H,21,25)(H2,19,20,22);6,8-9H,2-4H2,1H3;3H,1-2,5H2/t11-;;3-/m0.0/s1. The summed E-state index contributed by atoms with van der Waals surface area (Å²) in [6.45, 7) is 2.15. The zero-order valence-corrected chi connectivity index (χ0v) is 25.3. The van der Waals surface area contributed by atoms with Crippen LogP contribution in [0.3, 0.4) is 0 Å². The molecule has 3 heterocycles. The Morgan fingerprint density at radius 3 is 2.39 bits per heavy atom. The molecule has 19 heteroatoms. The molecule has 18 nitrogen and oxygen atoms in total. The summed E-state index contributed by atoms with van der Waals surface area (Å²) in [5.74, 6) is -1.28. The molecule has 1 aromatic carbocycles. The van der Waals surface area contributed by atoms with Crippen molar-refractivity contribution < 1.29 is 53.5 Å². The third-order valence-corrected chi connectivity index (χ3v) is 6.17. The fraction of sp³-hybridized carbons (Fsp3) is 0.556. The number of amides is 2. The van der Waals surface area contributed by atoms with Gasteiger partial charge in [-0.15, -0.1) is 0 Å². The number of benzene rings is 1. The number of guanidine groups is 1. The number of ketones is 1. The van der Waals surface area contributed by atoms with E-state index in [9.17, 15) is 38.9 Å². The number of carbonyl (C=O) groups excluding carboxylic acids is 5. The van der Waals surface area contributed by atoms with Crippen LogP contribution >= 0.6 is 0 Å². The molecule has 46 heavy (non-hydrogen) atoms. The monoisotopic (exact) mass is 649 g/mol. The van der Waals surface area contributed by atoms with Gasteiger partial charge in [-0.25, -0.2) is 0 Å². The summed E-state index contributed by atoms with van der Waals surface area (Å²) in [7, 11) is 0.697. The Hall–Kier alpha value is -4.46. The van der Waals surface area contributed by atoms with Crippen molar-refractivity contribution in [3.8, 4) is 5.75 Å². The average Bonchev–Trinajstić information content (AvgIpc) is 3.60. The number of aromatic hydroxyl groups is 1. The Morgan fingerprint density at radius 2 is 1.87 bits per heavy atom. The van der Waals surface area contributed by atoms with Crippen LogP contribution in [0.2, 0.25) is 0 Å². The maximum absolute atomic E-state index is 12.3. The van der Waals surface area contributed by atoms with E-state index < -0.39 is 24.0 Å². The molecule has 10 N–H and O–H groups in total. The van der Waals surface area contributed by atoms with Crippen molar-refractivity contribution in [2.75, 3.05) is 51.2 Å². The maximum Gasteiger partial charge on any atom is 0.308 e. The van der Waals surface area contributed by atoms with E-state index in [0.717, 1.165) is 0 Å². The molecule has 3 aliphatic heterocycles. The van der Waals surface area contributed by atoms with Crippen LogP contribution in [0.4, 0.5) is 5.69 Å². The number of aliphatic hydroxyl groups excluding tert-OH is 2. The summed E-state index contributed by atoms with van der Waals surface area (Å²) >= 11 is 0. The normalized spacial score (nSPS) is 20.4. The van der Waals surface area contributed by atoms with E-state index in [0.29, 0.717) is 38.4 Å². The van der Waals surface area contributed by atoms with Crippen molar-refractivity contribution in [2.24, 2.45) is 10.7 Å². The summed E-state index contributed by atoms with van der Waals surface area (Å²) in [6.07, 6.45) is 0.384. The molecule has 2 saturated heterocycles. The number of hydrogen-bond acceptors (Lipinski definition) is 16. The summed E-state index contributed by atoms with van der Waals surface area (Å²) in [4.78, 5) is 60.0. The van der Waals surface area contributed by atoms with E-state index in [1.54, 1.807) is 0 Å². The van der Waals surface area contributed by atoms with Gasteiger partial charge in [0.15, 0.2) is 5.96 Å². The van der Waals surface area contributed by atoms with Gasteiger partial charge in [-0.3, -0.25) is 24.2 Å². The average molecular weight is 649 g/mol. The molecule has 0 aliphatic carbocycles. The van der Waals surface area contributed by atoms with Gasteiger partial charge in [-0.05, 0) is 12.1 Å². The number of β-amino-alcohol motifs (C(OH)–C–C–N with tert-alkyl or cyclic N) is 1. The predicted octanol–water partition coefficient (Wildman–Crippen LogP) is -3.53. The molecule has 0 saturated carbocycles. The van der Waals surface area contributed by atoms with Crippen molar-refractivity contribution in [1.29, 1.82) is 0 Å². The second-order valence-corrected chi connectivity index (χ2v) is 10.5. The van der Waals surface area contributed by atoms with Crippen LogP contribution in [0.25, 0.3) is 0 Å². The fourth-order valence-electron chi connectivity index (χ4n) is 4.01. The van der Waals surface area contributed by atoms with Gasteiger partial charge in [0.1, 0.15) is 19.0 Å². The molecular formula is C27H40BN7O11. The first kappa shape index (κ1) is 37.7. The summed E-state index contributed by atoms with van der Waals surface area (Å²) in [5, 5.41) is 41.5. The molecule has 3 aliphatic rings. The van der Waals surface area contributed by atoms with Crippen molar-refractivity contribution in [1.82, 2.24) is 21.3 Å². The Kier molecular flexibility index (Phi) is 16.3. The number of rotatable bonds is 11. The van der Waals surface area contributed by atoms with Crippen molar-refractivity contribution in [3.05, 3.63) is 23.8 Å². The molecule has 4 atom stereocenters. The van der Waals surface area contributed by atoms with Crippen LogP contribution in [-0.4, -0.2) is 128 Å². The Morgan fingerprint density at radius 1 is 1.15 bits per heavy atom. The fourth-order valence-corrected chi connectivity index (χ4v) is 4.01. The number of cyclic esters (lactones) is 2. The first-order chi connectivity index (χ1) is 21.9. The zero-order valence-electron chi connectivity index (χ0n) is 25.3. The number of Topliss-reactive ketones (excluding diaryl/α,β-unsaturated/α-hetero) is 1. The molecule has 2 amide bonds. The van der Waals surface area contributed by atoms with Gasteiger partial charge < -0.3 is 46.7 Å². The minimum atomic E-state index is -0.559. The molecular weight excluding hydrogens is 609 g/mol. The quantitative estimate of drug-likeness (QED) is 0.0830. The van der Waals surface area contributed by atoms with E-state index >= 15 is 0 Å². The second kappa shape index (κ2) is 19.8. The number of aliphatic imine (C=N–C) groups is 1. The van der Waals surface area contributed by atoms with Gasteiger partial charge in [0.25, 0.3) is 5.91 Å². The maximum atomic E-state index is 12.3. The van der Waals surface area contributed by atoms with E-state index in [4.69, 9.17) is 15.6 Å². The smallest absolute Gasteiger partial charge is 0.308 e. The predicted molar refractivity (Wildman–Crippen MR) is 162 cm³/mol. The second-order valence-electron chi connectivity index (χ2n) is 10.5. The number of hydrogen-bond donors (Lipinski definition) is 9. The summed E-state index contributed by atoms with van der Waals surface area (Å²) in [5.41, 5.74) is 5.84. The third-order valence-electron chi connectivity index (χ3n) is 6.17. The van der Waals surface area contributed by atoms with Crippen LogP contribution in [0.15, 0.2) is 23.2 Å². The number of anilines is 1. The van der Waals surface area contributed by atoms with Gasteiger partial charge in [0.2, 0.25) is 5.91 Å². The van der Waals surface area contributed by atoms with Gasteiger partial charge >= 0.3 is 77.2 Å². The first-order valence-corrected chi connectivity index (χ1v) is 14.4. The van der Waals surface area contributed by atoms with E-state index in [2.05, 4.69) is 36.3 Å².